The van der Waals surface area contributed by atoms with E-state index in [9.17, 15) is 9.59 Å². The highest BCUT2D eigenvalue weighted by Crippen LogP contribution is 2.40. The molecular formula is C24H34N2O2. The molecule has 0 heterocycles. The van der Waals surface area contributed by atoms with Crippen molar-refractivity contribution < 1.29 is 9.59 Å². The summed E-state index contributed by atoms with van der Waals surface area (Å²) in [4.78, 5) is 27.8. The Labute approximate surface area is 169 Å². The molecule has 0 aliphatic heterocycles. The Balaban J connectivity index is 1.40. The molecule has 3 aliphatic rings. The molecule has 1 amide bonds. The van der Waals surface area contributed by atoms with Gasteiger partial charge in [-0.15, -0.1) is 0 Å². The molecule has 3 saturated carbocycles. The Morgan fingerprint density at radius 2 is 1.68 bits per heavy atom. The summed E-state index contributed by atoms with van der Waals surface area (Å²) in [6.45, 7) is 0.871. The molecule has 3 fully saturated rings. The van der Waals surface area contributed by atoms with Gasteiger partial charge in [0.2, 0.25) is 5.91 Å². The summed E-state index contributed by atoms with van der Waals surface area (Å²) < 4.78 is 0. The van der Waals surface area contributed by atoms with E-state index in [4.69, 9.17) is 0 Å². The third-order valence-corrected chi connectivity index (χ3v) is 7.31. The lowest BCUT2D eigenvalue weighted by molar-refractivity contribution is -0.136. The first-order chi connectivity index (χ1) is 13.6. The van der Waals surface area contributed by atoms with E-state index in [1.807, 2.05) is 12.1 Å². The minimum atomic E-state index is -0.0165. The van der Waals surface area contributed by atoms with Crippen LogP contribution in [0.25, 0.3) is 0 Å². The van der Waals surface area contributed by atoms with Crippen molar-refractivity contribution in [2.24, 2.45) is 17.8 Å². The Morgan fingerprint density at radius 1 is 1.00 bits per heavy atom. The third-order valence-electron chi connectivity index (χ3n) is 7.31. The summed E-state index contributed by atoms with van der Waals surface area (Å²) in [5.74, 6) is 0.756. The minimum absolute atomic E-state index is 0.0165. The molecule has 3 aliphatic carbocycles. The lowest BCUT2D eigenvalue weighted by Gasteiger charge is -2.37. The fourth-order valence-electron chi connectivity index (χ4n) is 5.63. The topological polar surface area (TPSA) is 49.4 Å². The highest BCUT2D eigenvalue weighted by atomic mass is 16.2. The largest absolute Gasteiger partial charge is 0.326 e. The number of nitrogens with zero attached hydrogens (tertiary/aromatic N) is 1. The number of nitrogens with one attached hydrogen (secondary N) is 1. The number of carbonyl (C=O) groups excluding carboxylic acids is 2. The van der Waals surface area contributed by atoms with Gasteiger partial charge in [-0.3, -0.25) is 14.5 Å². The summed E-state index contributed by atoms with van der Waals surface area (Å²) in [6.07, 6.45) is 11.2. The first-order valence-corrected chi connectivity index (χ1v) is 11.2. The van der Waals surface area contributed by atoms with Crippen molar-refractivity contribution in [1.29, 1.82) is 0 Å². The van der Waals surface area contributed by atoms with Gasteiger partial charge in [0.05, 0.1) is 0 Å². The number of benzene rings is 1. The zero-order chi connectivity index (χ0) is 19.5. The number of fused-ring (bicyclic) bond motifs is 2. The Hall–Kier alpha value is -1.68. The van der Waals surface area contributed by atoms with E-state index in [2.05, 4.69) is 29.4 Å². The number of Topliss-reactive ketones (excluding diaryl/α,β-unsaturated/α-hetero) is 1. The van der Waals surface area contributed by atoms with Crippen molar-refractivity contribution in [3.63, 3.8) is 0 Å². The van der Waals surface area contributed by atoms with Gasteiger partial charge in [0, 0.05) is 36.0 Å². The molecule has 28 heavy (non-hydrogen) atoms. The van der Waals surface area contributed by atoms with E-state index < -0.39 is 0 Å². The van der Waals surface area contributed by atoms with Crippen molar-refractivity contribution in [3.8, 4) is 0 Å². The number of carbonyl (C=O) groups is 2. The van der Waals surface area contributed by atoms with Crippen LogP contribution >= 0.6 is 0 Å². The fourth-order valence-corrected chi connectivity index (χ4v) is 5.63. The normalized spacial score (nSPS) is 28.4. The molecule has 0 aromatic heterocycles. The first kappa shape index (κ1) is 19.6. The van der Waals surface area contributed by atoms with Crippen LogP contribution in [0.3, 0.4) is 0 Å². The molecule has 1 unspecified atom stereocenters. The molecule has 1 aromatic carbocycles. The van der Waals surface area contributed by atoms with Crippen LogP contribution in [0.5, 0.6) is 0 Å². The number of hydrogen-bond donors (Lipinski definition) is 1. The van der Waals surface area contributed by atoms with E-state index in [-0.39, 0.29) is 23.7 Å². The maximum absolute atomic E-state index is 13.0. The standard InChI is InChI=1S/C24H34N2O2/c1-26(21-11-3-2-4-12-21)16-19-8-5-6-13-22(19)25-24(28)20-14-17-9-7-10-18(15-20)23(17)27/h5-6,8,13,17-18,20-21H,2-4,7,9-12,14-16H2,1H3,(H,25,28)/t17-,18+,20?. The molecular weight excluding hydrogens is 348 g/mol. The van der Waals surface area contributed by atoms with Crippen molar-refractivity contribution >= 4 is 17.4 Å². The second-order valence-corrected chi connectivity index (χ2v) is 9.25. The van der Waals surface area contributed by atoms with E-state index in [0.717, 1.165) is 44.3 Å². The molecule has 0 saturated heterocycles. The lowest BCUT2D eigenvalue weighted by Crippen LogP contribution is -2.40. The Kier molecular flexibility index (Phi) is 6.15. The van der Waals surface area contributed by atoms with Crippen LogP contribution in [0.1, 0.15) is 69.8 Å². The summed E-state index contributed by atoms with van der Waals surface area (Å²) in [6, 6.07) is 8.87. The summed E-state index contributed by atoms with van der Waals surface area (Å²) >= 11 is 0. The van der Waals surface area contributed by atoms with Crippen LogP contribution in [-0.4, -0.2) is 29.7 Å². The minimum Gasteiger partial charge on any atom is -0.326 e. The van der Waals surface area contributed by atoms with Crippen LogP contribution in [0, 0.1) is 17.8 Å². The molecule has 4 nitrogen and oxygen atoms in total. The quantitative estimate of drug-likeness (QED) is 0.797. The van der Waals surface area contributed by atoms with Gasteiger partial charge < -0.3 is 5.32 Å². The van der Waals surface area contributed by atoms with Gasteiger partial charge in [-0.2, -0.15) is 0 Å². The number of anilines is 1. The monoisotopic (exact) mass is 382 g/mol. The van der Waals surface area contributed by atoms with Crippen LogP contribution in [-0.2, 0) is 16.1 Å². The van der Waals surface area contributed by atoms with Crippen molar-refractivity contribution in [1.82, 2.24) is 4.90 Å². The summed E-state index contributed by atoms with van der Waals surface area (Å²) in [5.41, 5.74) is 2.13. The van der Waals surface area contributed by atoms with E-state index in [0.29, 0.717) is 11.8 Å². The Bertz CT molecular complexity index is 694. The fraction of sp³-hybridized carbons (Fsp3) is 0.667. The molecule has 0 spiro atoms. The van der Waals surface area contributed by atoms with Gasteiger partial charge in [0.15, 0.2) is 0 Å². The number of hydrogen-bond acceptors (Lipinski definition) is 3. The van der Waals surface area contributed by atoms with E-state index >= 15 is 0 Å². The second kappa shape index (κ2) is 8.77. The van der Waals surface area contributed by atoms with Gasteiger partial charge in [0.25, 0.3) is 0 Å². The maximum atomic E-state index is 13.0. The van der Waals surface area contributed by atoms with Crippen LogP contribution < -0.4 is 5.32 Å². The summed E-state index contributed by atoms with van der Waals surface area (Å²) in [5, 5.41) is 3.22. The molecule has 152 valence electrons. The van der Waals surface area contributed by atoms with Gasteiger partial charge in [-0.1, -0.05) is 43.9 Å². The average molecular weight is 383 g/mol. The van der Waals surface area contributed by atoms with Crippen molar-refractivity contribution in [3.05, 3.63) is 29.8 Å². The van der Waals surface area contributed by atoms with Crippen LogP contribution in [0.15, 0.2) is 24.3 Å². The van der Waals surface area contributed by atoms with Crippen molar-refractivity contribution in [2.45, 2.75) is 76.8 Å². The Morgan fingerprint density at radius 3 is 2.39 bits per heavy atom. The third kappa shape index (κ3) is 4.32. The number of para-hydroxylation sites is 1. The van der Waals surface area contributed by atoms with E-state index in [1.165, 1.54) is 37.7 Å². The van der Waals surface area contributed by atoms with Gasteiger partial charge in [0.1, 0.15) is 5.78 Å². The molecule has 4 rings (SSSR count). The molecule has 1 N–H and O–H groups in total. The van der Waals surface area contributed by atoms with E-state index in [1.54, 1.807) is 0 Å². The van der Waals surface area contributed by atoms with Crippen LogP contribution in [0.2, 0.25) is 0 Å². The molecule has 2 bridgehead atoms. The smallest absolute Gasteiger partial charge is 0.227 e. The zero-order valence-electron chi connectivity index (χ0n) is 17.2. The number of amides is 1. The average Bonchev–Trinajstić information content (AvgIpc) is 2.70. The number of ketones is 1. The predicted molar refractivity (Wildman–Crippen MR) is 112 cm³/mol. The zero-order valence-corrected chi connectivity index (χ0v) is 17.2. The highest BCUT2D eigenvalue weighted by Gasteiger charge is 2.41. The molecule has 0 radical (unpaired) electrons. The van der Waals surface area contributed by atoms with Gasteiger partial charge in [-0.05, 0) is 57.2 Å². The lowest BCUT2D eigenvalue weighted by atomic mass is 9.67. The van der Waals surface area contributed by atoms with Crippen LogP contribution in [0.4, 0.5) is 5.69 Å². The molecule has 4 heteroatoms. The van der Waals surface area contributed by atoms with Gasteiger partial charge >= 0.3 is 0 Å². The molecule has 1 aromatic rings. The highest BCUT2D eigenvalue weighted by molar-refractivity contribution is 5.95. The SMILES string of the molecule is CN(Cc1ccccc1NC(=O)C1C[C@H]2CCC[C@@H](C1)C2=O)C1CCCCC1. The summed E-state index contributed by atoms with van der Waals surface area (Å²) in [7, 11) is 2.21. The first-order valence-electron chi connectivity index (χ1n) is 11.2. The maximum Gasteiger partial charge on any atom is 0.227 e. The predicted octanol–water partition coefficient (Wildman–Crippen LogP) is 4.79. The van der Waals surface area contributed by atoms with Gasteiger partial charge in [-0.25, -0.2) is 0 Å². The second-order valence-electron chi connectivity index (χ2n) is 9.25. The van der Waals surface area contributed by atoms with Crippen molar-refractivity contribution in [2.75, 3.05) is 12.4 Å². The number of rotatable bonds is 5. The molecule has 3 atom stereocenters.